The second-order valence-corrected chi connectivity index (χ2v) is 2.91. The Morgan fingerprint density at radius 1 is 1.21 bits per heavy atom. The van der Waals surface area contributed by atoms with Crippen LogP contribution in [0.3, 0.4) is 0 Å². The van der Waals surface area contributed by atoms with Gasteiger partial charge in [0.2, 0.25) is 0 Å². The average molecular weight is 199 g/mol. The molecule has 0 fully saturated rings. The van der Waals surface area contributed by atoms with Crippen LogP contribution in [0.25, 0.3) is 0 Å². The maximum Gasteiger partial charge on any atom is 0.124 e. The average Bonchev–Trinajstić information content (AvgIpc) is 2.27. The van der Waals surface area contributed by atoms with Crippen molar-refractivity contribution < 1.29 is 20.4 Å². The number of nitrogens with zero attached hydrogens (tertiary/aromatic N) is 1. The summed E-state index contributed by atoms with van der Waals surface area (Å²) in [4.78, 5) is 3.89. The van der Waals surface area contributed by atoms with Gasteiger partial charge in [0.1, 0.15) is 12.2 Å². The van der Waals surface area contributed by atoms with Crippen LogP contribution in [0.15, 0.2) is 18.2 Å². The van der Waals surface area contributed by atoms with Crippen LogP contribution in [-0.2, 0) is 6.61 Å². The zero-order valence-corrected chi connectivity index (χ0v) is 7.54. The lowest BCUT2D eigenvalue weighted by Gasteiger charge is -2.15. The van der Waals surface area contributed by atoms with Gasteiger partial charge in [0.05, 0.1) is 24.6 Å². The first-order valence-electron chi connectivity index (χ1n) is 4.22. The number of aliphatic hydroxyl groups excluding tert-OH is 4. The molecule has 5 heteroatoms. The van der Waals surface area contributed by atoms with Crippen LogP contribution in [0.2, 0.25) is 0 Å². The molecule has 5 nitrogen and oxygen atoms in total. The second-order valence-electron chi connectivity index (χ2n) is 2.91. The molecular weight excluding hydrogens is 186 g/mol. The highest BCUT2D eigenvalue weighted by Crippen LogP contribution is 2.14. The summed E-state index contributed by atoms with van der Waals surface area (Å²) in [5.74, 6) is 0. The van der Waals surface area contributed by atoms with Gasteiger partial charge in [-0.2, -0.15) is 0 Å². The lowest BCUT2D eigenvalue weighted by molar-refractivity contribution is -0.0174. The van der Waals surface area contributed by atoms with Gasteiger partial charge in [0.25, 0.3) is 0 Å². The van der Waals surface area contributed by atoms with Crippen LogP contribution in [0.4, 0.5) is 0 Å². The van der Waals surface area contributed by atoms with E-state index in [1.165, 1.54) is 6.07 Å². The van der Waals surface area contributed by atoms with E-state index in [9.17, 15) is 5.11 Å². The Kier molecular flexibility index (Phi) is 3.97. The standard InChI is InChI=1S/C9H13NO4/c11-4-6-2-1-3-7(10-6)9(14)8(13)5-12/h1-3,8-9,11-14H,4-5H2. The quantitative estimate of drug-likeness (QED) is 0.497. The van der Waals surface area contributed by atoms with E-state index in [4.69, 9.17) is 15.3 Å². The van der Waals surface area contributed by atoms with Gasteiger partial charge in [-0.3, -0.25) is 4.98 Å². The Morgan fingerprint density at radius 3 is 2.50 bits per heavy atom. The molecule has 1 aromatic heterocycles. The van der Waals surface area contributed by atoms with Crippen molar-refractivity contribution in [3.05, 3.63) is 29.6 Å². The summed E-state index contributed by atoms with van der Waals surface area (Å²) >= 11 is 0. The number of hydrogen-bond donors (Lipinski definition) is 4. The number of pyridine rings is 1. The molecule has 0 saturated carbocycles. The summed E-state index contributed by atoms with van der Waals surface area (Å²) in [6.07, 6.45) is -2.48. The molecule has 0 bridgehead atoms. The predicted octanol–water partition coefficient (Wildman–Crippen LogP) is -1.04. The molecule has 78 valence electrons. The second kappa shape index (κ2) is 5.02. The van der Waals surface area contributed by atoms with Crippen LogP contribution in [0.1, 0.15) is 17.5 Å². The van der Waals surface area contributed by atoms with Crippen LogP contribution in [0.5, 0.6) is 0 Å². The Labute approximate surface area is 81.3 Å². The fourth-order valence-electron chi connectivity index (χ4n) is 1.05. The number of hydrogen-bond acceptors (Lipinski definition) is 5. The Bertz CT molecular complexity index is 292. The first kappa shape index (κ1) is 11.1. The summed E-state index contributed by atoms with van der Waals surface area (Å²) in [6.45, 7) is -0.762. The normalized spacial score (nSPS) is 15.1. The molecule has 4 N–H and O–H groups in total. The minimum absolute atomic E-state index is 0.226. The van der Waals surface area contributed by atoms with E-state index in [2.05, 4.69) is 4.98 Å². The third kappa shape index (κ3) is 2.49. The summed E-state index contributed by atoms with van der Waals surface area (Å²) in [5.41, 5.74) is 0.643. The molecule has 0 saturated heterocycles. The molecule has 0 aromatic carbocycles. The van der Waals surface area contributed by atoms with E-state index in [-0.39, 0.29) is 12.3 Å². The molecule has 0 aliphatic rings. The zero-order valence-electron chi connectivity index (χ0n) is 7.54. The van der Waals surface area contributed by atoms with Gasteiger partial charge in [-0.1, -0.05) is 6.07 Å². The summed E-state index contributed by atoms with van der Waals surface area (Å²) in [7, 11) is 0. The smallest absolute Gasteiger partial charge is 0.124 e. The molecule has 0 spiro atoms. The lowest BCUT2D eigenvalue weighted by Crippen LogP contribution is -2.23. The van der Waals surface area contributed by atoms with Crippen molar-refractivity contribution in [2.75, 3.05) is 6.61 Å². The van der Waals surface area contributed by atoms with Crippen LogP contribution < -0.4 is 0 Å². The van der Waals surface area contributed by atoms with Crippen molar-refractivity contribution in [2.24, 2.45) is 0 Å². The van der Waals surface area contributed by atoms with E-state index < -0.39 is 18.8 Å². The fourth-order valence-corrected chi connectivity index (χ4v) is 1.05. The Hall–Kier alpha value is -1.01. The molecule has 1 rings (SSSR count). The topological polar surface area (TPSA) is 93.8 Å². The highest BCUT2D eigenvalue weighted by molar-refractivity contribution is 5.13. The number of aliphatic hydroxyl groups is 4. The SMILES string of the molecule is OCc1cccc(C(O)C(O)CO)n1. The van der Waals surface area contributed by atoms with Crippen molar-refractivity contribution in [2.45, 2.75) is 18.8 Å². The first-order valence-corrected chi connectivity index (χ1v) is 4.22. The molecule has 1 heterocycles. The van der Waals surface area contributed by atoms with Gasteiger partial charge in [-0.15, -0.1) is 0 Å². The highest BCUT2D eigenvalue weighted by Gasteiger charge is 2.18. The van der Waals surface area contributed by atoms with Gasteiger partial charge in [-0.05, 0) is 12.1 Å². The molecule has 2 atom stereocenters. The van der Waals surface area contributed by atoms with E-state index in [1.807, 2.05) is 0 Å². The molecule has 0 aliphatic heterocycles. The molecular formula is C9H13NO4. The molecule has 0 aliphatic carbocycles. The monoisotopic (exact) mass is 199 g/mol. The fraction of sp³-hybridized carbons (Fsp3) is 0.444. The van der Waals surface area contributed by atoms with Gasteiger partial charge in [0.15, 0.2) is 0 Å². The van der Waals surface area contributed by atoms with E-state index in [0.29, 0.717) is 5.69 Å². The van der Waals surface area contributed by atoms with E-state index in [0.717, 1.165) is 0 Å². The first-order chi connectivity index (χ1) is 6.69. The van der Waals surface area contributed by atoms with Crippen LogP contribution in [0, 0.1) is 0 Å². The van der Waals surface area contributed by atoms with Crippen molar-refractivity contribution in [3.8, 4) is 0 Å². The molecule has 0 amide bonds. The molecule has 0 radical (unpaired) electrons. The molecule has 1 aromatic rings. The maximum atomic E-state index is 9.45. The highest BCUT2D eigenvalue weighted by atomic mass is 16.4. The Morgan fingerprint density at radius 2 is 1.93 bits per heavy atom. The minimum atomic E-state index is -1.25. The Balaban J connectivity index is 2.83. The lowest BCUT2D eigenvalue weighted by atomic mass is 10.1. The van der Waals surface area contributed by atoms with Crippen molar-refractivity contribution >= 4 is 0 Å². The van der Waals surface area contributed by atoms with Gasteiger partial charge < -0.3 is 20.4 Å². The summed E-state index contributed by atoms with van der Waals surface area (Å²) in [5, 5.41) is 36.0. The number of rotatable bonds is 4. The minimum Gasteiger partial charge on any atom is -0.394 e. The van der Waals surface area contributed by atoms with E-state index in [1.54, 1.807) is 12.1 Å². The van der Waals surface area contributed by atoms with Crippen LogP contribution >= 0.6 is 0 Å². The van der Waals surface area contributed by atoms with Crippen molar-refractivity contribution in [1.29, 1.82) is 0 Å². The van der Waals surface area contributed by atoms with Gasteiger partial charge in [-0.25, -0.2) is 0 Å². The van der Waals surface area contributed by atoms with Gasteiger partial charge >= 0.3 is 0 Å². The zero-order chi connectivity index (χ0) is 10.6. The van der Waals surface area contributed by atoms with Crippen molar-refractivity contribution in [3.63, 3.8) is 0 Å². The van der Waals surface area contributed by atoms with Crippen molar-refractivity contribution in [1.82, 2.24) is 4.98 Å². The predicted molar refractivity (Wildman–Crippen MR) is 48.2 cm³/mol. The molecule has 14 heavy (non-hydrogen) atoms. The van der Waals surface area contributed by atoms with E-state index >= 15 is 0 Å². The van der Waals surface area contributed by atoms with Crippen LogP contribution in [-0.4, -0.2) is 38.1 Å². The third-order valence-electron chi connectivity index (χ3n) is 1.84. The summed E-state index contributed by atoms with van der Waals surface area (Å²) in [6, 6.07) is 4.73. The van der Waals surface area contributed by atoms with Gasteiger partial charge in [0, 0.05) is 0 Å². The number of aromatic nitrogens is 1. The third-order valence-corrected chi connectivity index (χ3v) is 1.84. The summed E-state index contributed by atoms with van der Waals surface area (Å²) < 4.78 is 0. The molecule has 2 unspecified atom stereocenters. The largest absolute Gasteiger partial charge is 0.394 e. The maximum absolute atomic E-state index is 9.45.